The largest absolute Gasteiger partial charge is 0.353 e. The quantitative estimate of drug-likeness (QED) is 0.609. The lowest BCUT2D eigenvalue weighted by atomic mass is 10.0. The van der Waals surface area contributed by atoms with E-state index < -0.39 is 0 Å². The molecule has 8 heteroatoms. The van der Waals surface area contributed by atoms with E-state index in [4.69, 9.17) is 6.42 Å². The summed E-state index contributed by atoms with van der Waals surface area (Å²) in [7, 11) is 0. The van der Waals surface area contributed by atoms with Crippen LogP contribution in [0.5, 0.6) is 0 Å². The van der Waals surface area contributed by atoms with Gasteiger partial charge in [-0.3, -0.25) is 19.3 Å². The van der Waals surface area contributed by atoms with Gasteiger partial charge in [0.2, 0.25) is 11.8 Å². The summed E-state index contributed by atoms with van der Waals surface area (Å²) in [6, 6.07) is 3.38. The number of thiophene rings is 1. The van der Waals surface area contributed by atoms with E-state index >= 15 is 0 Å². The van der Waals surface area contributed by atoms with E-state index in [0.717, 1.165) is 0 Å². The highest BCUT2D eigenvalue weighted by molar-refractivity contribution is 7.12. The first-order valence-electron chi connectivity index (χ1n) is 8.66. The zero-order valence-electron chi connectivity index (χ0n) is 14.4. The van der Waals surface area contributed by atoms with Crippen molar-refractivity contribution in [1.82, 2.24) is 20.9 Å². The highest BCUT2D eigenvalue weighted by Gasteiger charge is 2.43. The van der Waals surface area contributed by atoms with Gasteiger partial charge in [-0.2, -0.15) is 0 Å². The first kappa shape index (κ1) is 18.4. The van der Waals surface area contributed by atoms with Crippen molar-refractivity contribution in [2.75, 3.05) is 19.6 Å². The third kappa shape index (κ3) is 4.23. The van der Waals surface area contributed by atoms with E-state index in [1.54, 1.807) is 6.07 Å². The van der Waals surface area contributed by atoms with Crippen LogP contribution in [0.1, 0.15) is 28.9 Å². The molecule has 2 aliphatic heterocycles. The predicted octanol–water partition coefficient (Wildman–Crippen LogP) is -0.0512. The normalized spacial score (nSPS) is 25.0. The highest BCUT2D eigenvalue weighted by atomic mass is 32.1. The molecule has 2 saturated heterocycles. The minimum atomic E-state index is -0.254. The number of amides is 3. The van der Waals surface area contributed by atoms with E-state index in [2.05, 4.69) is 26.8 Å². The molecule has 0 spiro atoms. The maximum Gasteiger partial charge on any atom is 0.261 e. The number of hydrogen-bond acceptors (Lipinski definition) is 5. The van der Waals surface area contributed by atoms with Crippen LogP contribution in [0.25, 0.3) is 0 Å². The monoisotopic (exact) mass is 374 g/mol. The van der Waals surface area contributed by atoms with Crippen molar-refractivity contribution in [2.45, 2.75) is 37.4 Å². The Kier molecular flexibility index (Phi) is 5.91. The van der Waals surface area contributed by atoms with Gasteiger partial charge in [0.05, 0.1) is 17.5 Å². The second-order valence-electron chi connectivity index (χ2n) is 6.51. The zero-order chi connectivity index (χ0) is 18.5. The molecular formula is C18H22N4O3S. The lowest BCUT2D eigenvalue weighted by Gasteiger charge is -2.37. The minimum Gasteiger partial charge on any atom is -0.353 e. The number of piperazine rings is 1. The number of hydrogen-bond donors (Lipinski definition) is 3. The Bertz CT molecular complexity index is 713. The van der Waals surface area contributed by atoms with Crippen LogP contribution >= 0.6 is 11.3 Å². The van der Waals surface area contributed by atoms with Gasteiger partial charge >= 0.3 is 0 Å². The summed E-state index contributed by atoms with van der Waals surface area (Å²) in [5.41, 5.74) is 0. The summed E-state index contributed by atoms with van der Waals surface area (Å²) >= 11 is 1.40. The molecule has 7 nitrogen and oxygen atoms in total. The van der Waals surface area contributed by atoms with Gasteiger partial charge in [0.15, 0.2) is 0 Å². The molecule has 0 aromatic carbocycles. The molecular weight excluding hydrogens is 352 g/mol. The van der Waals surface area contributed by atoms with Gasteiger partial charge in [-0.1, -0.05) is 12.0 Å². The van der Waals surface area contributed by atoms with Crippen molar-refractivity contribution in [2.24, 2.45) is 0 Å². The molecule has 1 aromatic heterocycles. The van der Waals surface area contributed by atoms with Crippen molar-refractivity contribution in [1.29, 1.82) is 0 Å². The predicted molar refractivity (Wildman–Crippen MR) is 98.6 cm³/mol. The molecule has 2 fully saturated rings. The summed E-state index contributed by atoms with van der Waals surface area (Å²) in [4.78, 5) is 39.0. The lowest BCUT2D eigenvalue weighted by molar-refractivity contribution is -0.129. The number of nitrogens with zero attached hydrogens (tertiary/aromatic N) is 1. The van der Waals surface area contributed by atoms with Crippen molar-refractivity contribution in [3.63, 3.8) is 0 Å². The van der Waals surface area contributed by atoms with Crippen molar-refractivity contribution < 1.29 is 14.4 Å². The minimum absolute atomic E-state index is 0.00842. The molecule has 3 atom stereocenters. The third-order valence-corrected chi connectivity index (χ3v) is 5.66. The summed E-state index contributed by atoms with van der Waals surface area (Å²) < 4.78 is 0. The van der Waals surface area contributed by atoms with E-state index in [9.17, 15) is 14.4 Å². The van der Waals surface area contributed by atoms with E-state index in [1.165, 1.54) is 11.3 Å². The first-order chi connectivity index (χ1) is 12.6. The van der Waals surface area contributed by atoms with Crippen molar-refractivity contribution in [3.05, 3.63) is 22.4 Å². The molecule has 3 heterocycles. The van der Waals surface area contributed by atoms with E-state index in [-0.39, 0.29) is 42.4 Å². The Hall–Kier alpha value is -2.37. The fourth-order valence-electron chi connectivity index (χ4n) is 3.55. The fraction of sp³-hybridized carbons (Fsp3) is 0.500. The van der Waals surface area contributed by atoms with Gasteiger partial charge in [-0.15, -0.1) is 17.8 Å². The number of carbonyl (C=O) groups excluding carboxylic acids is 3. The van der Waals surface area contributed by atoms with Crippen LogP contribution in [-0.4, -0.2) is 60.4 Å². The lowest BCUT2D eigenvalue weighted by Crippen LogP contribution is -2.58. The molecule has 138 valence electrons. The van der Waals surface area contributed by atoms with E-state index in [1.807, 2.05) is 11.4 Å². The molecule has 3 unspecified atom stereocenters. The topological polar surface area (TPSA) is 90.5 Å². The Balaban J connectivity index is 1.56. The molecule has 3 amide bonds. The van der Waals surface area contributed by atoms with Crippen LogP contribution in [0.15, 0.2) is 17.5 Å². The average Bonchev–Trinajstić information content (AvgIpc) is 3.29. The second kappa shape index (κ2) is 8.34. The Morgan fingerprint density at radius 1 is 1.46 bits per heavy atom. The molecule has 0 bridgehead atoms. The molecule has 3 rings (SSSR count). The number of nitrogens with one attached hydrogen (secondary N) is 3. The summed E-state index contributed by atoms with van der Waals surface area (Å²) in [6.07, 6.45) is 6.72. The molecule has 2 aliphatic rings. The summed E-state index contributed by atoms with van der Waals surface area (Å²) in [6.45, 7) is 1.36. The maximum absolute atomic E-state index is 12.3. The van der Waals surface area contributed by atoms with Gasteiger partial charge in [0.1, 0.15) is 0 Å². The average molecular weight is 374 g/mol. The van der Waals surface area contributed by atoms with Crippen LogP contribution in [-0.2, 0) is 9.59 Å². The number of rotatable bonds is 6. The smallest absolute Gasteiger partial charge is 0.261 e. The Morgan fingerprint density at radius 3 is 3.04 bits per heavy atom. The van der Waals surface area contributed by atoms with E-state index in [0.29, 0.717) is 37.2 Å². The molecule has 0 radical (unpaired) electrons. The molecule has 0 saturated carbocycles. The van der Waals surface area contributed by atoms with Gasteiger partial charge in [0.25, 0.3) is 5.91 Å². The Labute approximate surface area is 156 Å². The van der Waals surface area contributed by atoms with Crippen LogP contribution in [0.3, 0.4) is 0 Å². The van der Waals surface area contributed by atoms with Gasteiger partial charge in [-0.25, -0.2) is 0 Å². The van der Waals surface area contributed by atoms with Gasteiger partial charge in [0, 0.05) is 31.6 Å². The summed E-state index contributed by atoms with van der Waals surface area (Å²) in [5.74, 6) is 2.18. The van der Waals surface area contributed by atoms with Gasteiger partial charge < -0.3 is 16.0 Å². The molecule has 26 heavy (non-hydrogen) atoms. The molecule has 0 aliphatic carbocycles. The first-order valence-corrected chi connectivity index (χ1v) is 9.54. The van der Waals surface area contributed by atoms with Crippen molar-refractivity contribution in [3.8, 4) is 12.3 Å². The van der Waals surface area contributed by atoms with Crippen LogP contribution in [0, 0.1) is 12.3 Å². The van der Waals surface area contributed by atoms with Crippen LogP contribution in [0.2, 0.25) is 0 Å². The third-order valence-electron chi connectivity index (χ3n) is 4.80. The molecule has 1 aromatic rings. The Morgan fingerprint density at radius 2 is 2.31 bits per heavy atom. The SMILES string of the molecule is C#CCNC(=O)CCC1CNC(=O)C2CC(NC(=O)c3cccs3)CN12. The standard InChI is InChI=1S/C18H22N4O3S/c1-2-7-19-16(23)6-5-13-10-20-17(24)14-9-12(11-22(13)14)21-18(25)15-4-3-8-26-15/h1,3-4,8,12-14H,5-7,9-11H2,(H,19,23)(H,20,24)(H,21,25). The number of fused-ring (bicyclic) bond motifs is 1. The molecule has 3 N–H and O–H groups in total. The highest BCUT2D eigenvalue weighted by Crippen LogP contribution is 2.26. The number of terminal acetylenes is 1. The van der Waals surface area contributed by atoms with Gasteiger partial charge in [-0.05, 0) is 24.3 Å². The number of carbonyl (C=O) groups is 3. The summed E-state index contributed by atoms with van der Waals surface area (Å²) in [5, 5.41) is 10.5. The fourth-order valence-corrected chi connectivity index (χ4v) is 4.18. The van der Waals surface area contributed by atoms with Crippen LogP contribution < -0.4 is 16.0 Å². The van der Waals surface area contributed by atoms with Crippen LogP contribution in [0.4, 0.5) is 0 Å². The second-order valence-corrected chi connectivity index (χ2v) is 7.46. The van der Waals surface area contributed by atoms with Crippen molar-refractivity contribution >= 4 is 29.1 Å². The zero-order valence-corrected chi connectivity index (χ0v) is 15.2. The maximum atomic E-state index is 12.3.